The van der Waals surface area contributed by atoms with Crippen molar-refractivity contribution in [2.75, 3.05) is 50.9 Å². The van der Waals surface area contributed by atoms with Crippen molar-refractivity contribution in [3.63, 3.8) is 0 Å². The van der Waals surface area contributed by atoms with Gasteiger partial charge in [-0.3, -0.25) is 0 Å². The number of sulfonamides is 2. The Bertz CT molecular complexity index is 2950. The monoisotopic (exact) mass is 1140 g/mol. The number of rotatable bonds is 25. The topological polar surface area (TPSA) is 310 Å². The van der Waals surface area contributed by atoms with E-state index in [1.54, 1.807) is 45.0 Å². The minimum Gasteiger partial charge on any atom is -0.444 e. The van der Waals surface area contributed by atoms with Crippen molar-refractivity contribution in [3.05, 3.63) is 120 Å². The molecule has 5 unspecified atom stereocenters. The minimum absolute atomic E-state index is 0.000457. The number of aliphatic hydroxyl groups excluding tert-OH is 2. The maximum Gasteiger partial charge on any atom is 0.407 e. The number of carbonyl (C=O) groups is 2. The summed E-state index contributed by atoms with van der Waals surface area (Å²) in [7, 11) is -8.18. The summed E-state index contributed by atoms with van der Waals surface area (Å²) in [5.41, 5.74) is 12.1. The van der Waals surface area contributed by atoms with Crippen molar-refractivity contribution in [2.24, 2.45) is 16.7 Å². The van der Waals surface area contributed by atoms with Crippen molar-refractivity contribution >= 4 is 43.6 Å². The molecule has 2 heterocycles. The first-order chi connectivity index (χ1) is 37.6. The molecule has 2 aliphatic rings. The molecule has 0 aromatic heterocycles. The number of amides is 2. The smallest absolute Gasteiger partial charge is 0.407 e. The molecule has 22 heteroatoms. The van der Waals surface area contributed by atoms with Crippen LogP contribution in [0.2, 0.25) is 0 Å². The third-order valence-electron chi connectivity index (χ3n) is 13.6. The fourth-order valence-corrected chi connectivity index (χ4v) is 12.8. The second kappa shape index (κ2) is 28.9. The number of ether oxygens (including phenoxy) is 4. The summed E-state index contributed by atoms with van der Waals surface area (Å²) in [5, 5.41) is 46.6. The van der Waals surface area contributed by atoms with E-state index < -0.39 is 79.1 Å². The van der Waals surface area contributed by atoms with Crippen molar-refractivity contribution in [2.45, 2.75) is 145 Å². The Morgan fingerprint density at radius 2 is 1.11 bits per heavy atom. The zero-order chi connectivity index (χ0) is 58.9. The van der Waals surface area contributed by atoms with Crippen LogP contribution in [0.1, 0.15) is 91.7 Å². The van der Waals surface area contributed by atoms with Gasteiger partial charge in [0.15, 0.2) is 6.29 Å². The normalized spacial score (nSPS) is 18.1. The van der Waals surface area contributed by atoms with Gasteiger partial charge in [-0.15, -0.1) is 0 Å². The second-order valence-electron chi connectivity index (χ2n) is 22.9. The molecule has 2 saturated heterocycles. The van der Waals surface area contributed by atoms with Gasteiger partial charge in [0.05, 0.1) is 65.4 Å². The lowest BCUT2D eigenvalue weighted by molar-refractivity contribution is -0.0907. The molecule has 7 atom stereocenters. The van der Waals surface area contributed by atoms with Crippen LogP contribution in [0.25, 0.3) is 0 Å². The zero-order valence-electron chi connectivity index (χ0n) is 46.9. The van der Waals surface area contributed by atoms with E-state index >= 15 is 0 Å². The zero-order valence-corrected chi connectivity index (χ0v) is 48.5. The van der Waals surface area contributed by atoms with Crippen LogP contribution >= 0.6 is 0 Å². The van der Waals surface area contributed by atoms with Crippen molar-refractivity contribution in [1.82, 2.24) is 19.2 Å². The maximum absolute atomic E-state index is 13.9. The molecule has 2 amide bonds. The maximum atomic E-state index is 13.9. The molecule has 4 aromatic carbocycles. The number of alkyl carbamates (subject to hydrolysis) is 2. The summed E-state index contributed by atoms with van der Waals surface area (Å²) in [6.45, 7) is 12.9. The summed E-state index contributed by atoms with van der Waals surface area (Å²) in [6.07, 6.45) is -2.23. The lowest BCUT2D eigenvalue weighted by Crippen LogP contribution is -2.52. The molecule has 80 heavy (non-hydrogen) atoms. The largest absolute Gasteiger partial charge is 0.444 e. The Morgan fingerprint density at radius 1 is 0.675 bits per heavy atom. The van der Waals surface area contributed by atoms with Gasteiger partial charge in [0.25, 0.3) is 0 Å². The van der Waals surface area contributed by atoms with E-state index in [9.17, 15) is 36.6 Å². The molecule has 4 aromatic rings. The fraction of sp³-hybridized carbons (Fsp3) is 0.517. The summed E-state index contributed by atoms with van der Waals surface area (Å²) >= 11 is 0. The molecular weight excluding hydrogens is 1060 g/mol. The van der Waals surface area contributed by atoms with Crippen molar-refractivity contribution < 1.29 is 55.6 Å². The molecule has 6 rings (SSSR count). The first-order valence-electron chi connectivity index (χ1n) is 26.7. The highest BCUT2D eigenvalue weighted by Crippen LogP contribution is 2.34. The Kier molecular flexibility index (Phi) is 23.3. The molecule has 2 aliphatic heterocycles. The average Bonchev–Trinajstić information content (AvgIpc) is 4.11. The fourth-order valence-electron chi connectivity index (χ4n) is 9.35. The van der Waals surface area contributed by atoms with Crippen LogP contribution < -0.4 is 22.1 Å². The van der Waals surface area contributed by atoms with Gasteiger partial charge in [-0.2, -0.15) is 19.1 Å². The quantitative estimate of drug-likeness (QED) is 0.0359. The first-order valence-corrected chi connectivity index (χ1v) is 29.6. The minimum atomic E-state index is -4.10. The van der Waals surface area contributed by atoms with Gasteiger partial charge in [-0.25, -0.2) is 26.4 Å². The van der Waals surface area contributed by atoms with Gasteiger partial charge in [0.1, 0.15) is 11.7 Å². The molecule has 0 saturated carbocycles. The van der Waals surface area contributed by atoms with Crippen LogP contribution in [0.15, 0.2) is 119 Å². The number of benzene rings is 4. The molecule has 0 aliphatic carbocycles. The molecule has 0 bridgehead atoms. The second-order valence-corrected chi connectivity index (χ2v) is 26.7. The van der Waals surface area contributed by atoms with Crippen LogP contribution in [0.3, 0.4) is 0 Å². The van der Waals surface area contributed by atoms with Gasteiger partial charge in [0, 0.05) is 50.4 Å². The third-order valence-corrected chi connectivity index (χ3v) is 17.2. The van der Waals surface area contributed by atoms with Gasteiger partial charge in [-0.1, -0.05) is 100 Å². The number of nitriles is 2. The van der Waals surface area contributed by atoms with E-state index in [1.807, 2.05) is 88.4 Å². The van der Waals surface area contributed by atoms with Gasteiger partial charge >= 0.3 is 12.2 Å². The van der Waals surface area contributed by atoms with Gasteiger partial charge in [0.2, 0.25) is 20.0 Å². The highest BCUT2D eigenvalue weighted by Gasteiger charge is 2.44. The standard InChI is InChI=1S/C30H40N4O7S.C28H40N4O5S/c1-30(2,13-7-14-31)20-34(42(37,38)23-11-6-10-22(32)17-23)18-26(35)25(16-21-8-4-3-5-9-21)33-29(36)41-27-19-40-28-24(27)12-15-39-28;1-27(2,3)37-26(34)31-24(17-21-11-7-6-8-12-21)25(33)19-32(20-28(4,5)15-10-16-29)38(35,36)23-14-9-13-22(30)18-23/h3-6,8-11,17,24-28,35H,7,12-13,15-16,18-20,32H2,1-2H3,(H,33,36);6-9,11-14,18,24-25,33H,10,15,17,19-20,30H2,1-5H3,(H,31,34)/t24?,25-,26?,27?,28?;24-,25?/m00/s1. The van der Waals surface area contributed by atoms with E-state index in [1.165, 1.54) is 32.9 Å². The van der Waals surface area contributed by atoms with Gasteiger partial charge < -0.3 is 51.3 Å². The van der Waals surface area contributed by atoms with Crippen LogP contribution in [-0.2, 0) is 51.8 Å². The van der Waals surface area contributed by atoms with Crippen molar-refractivity contribution in [3.8, 4) is 12.1 Å². The number of nitrogen functional groups attached to an aromatic ring is 2. The molecule has 20 nitrogen and oxygen atoms in total. The van der Waals surface area contributed by atoms with E-state index in [4.69, 9.17) is 40.9 Å². The Hall–Kier alpha value is -6.34. The number of anilines is 2. The SMILES string of the molecule is CC(C)(CCC#N)CN(CC(O)[C@H](Cc1ccccc1)NC(=O)OC(C)(C)C)S(=O)(=O)c1cccc(N)c1.CC(C)(CCC#N)CN(CC(O)[C@H](Cc1ccccc1)NC(=O)OC1COC2OCCC12)S(=O)(=O)c1cccc(N)c1. The Morgan fingerprint density at radius 3 is 1.52 bits per heavy atom. The highest BCUT2D eigenvalue weighted by molar-refractivity contribution is 7.89. The summed E-state index contributed by atoms with van der Waals surface area (Å²) in [5.74, 6) is -0.0529. The predicted molar refractivity (Wildman–Crippen MR) is 303 cm³/mol. The Balaban J connectivity index is 0.000000296. The molecule has 2 fully saturated rings. The summed E-state index contributed by atoms with van der Waals surface area (Å²) in [4.78, 5) is 25.7. The molecule has 0 radical (unpaired) electrons. The number of hydrogen-bond donors (Lipinski definition) is 6. The predicted octanol–water partition coefficient (Wildman–Crippen LogP) is 7.14. The highest BCUT2D eigenvalue weighted by atomic mass is 32.2. The number of fused-ring (bicyclic) bond motifs is 1. The molecular formula is C58H80N8O12S2. The summed E-state index contributed by atoms with van der Waals surface area (Å²) in [6, 6.07) is 33.0. The van der Waals surface area contributed by atoms with E-state index in [0.29, 0.717) is 25.1 Å². The lowest BCUT2D eigenvalue weighted by Gasteiger charge is -2.35. The van der Waals surface area contributed by atoms with Crippen LogP contribution in [-0.4, -0.2) is 130 Å². The van der Waals surface area contributed by atoms with E-state index in [0.717, 1.165) is 17.5 Å². The van der Waals surface area contributed by atoms with Crippen molar-refractivity contribution in [1.29, 1.82) is 10.5 Å². The summed E-state index contributed by atoms with van der Waals surface area (Å²) < 4.78 is 79.8. The number of hydrogen-bond acceptors (Lipinski definition) is 16. The lowest BCUT2D eigenvalue weighted by atomic mass is 9.88. The first kappa shape index (κ1) is 64.5. The van der Waals surface area contributed by atoms with E-state index in [2.05, 4.69) is 22.8 Å². The number of carbonyl (C=O) groups excluding carboxylic acids is 2. The Labute approximate surface area is 472 Å². The van der Waals surface area contributed by atoms with Crippen LogP contribution in [0, 0.1) is 39.4 Å². The van der Waals surface area contributed by atoms with Crippen LogP contribution in [0.5, 0.6) is 0 Å². The van der Waals surface area contributed by atoms with E-state index in [-0.39, 0.29) is 86.2 Å². The number of nitrogens with two attached hydrogens (primary N) is 2. The number of aliphatic hydroxyl groups is 2. The van der Waals surface area contributed by atoms with Gasteiger partial charge in [-0.05, 0) is 111 Å². The molecule has 8 N–H and O–H groups in total. The average molecular weight is 1150 g/mol. The molecule has 436 valence electrons. The number of nitrogens with one attached hydrogen (secondary N) is 2. The van der Waals surface area contributed by atoms with Crippen LogP contribution in [0.4, 0.5) is 21.0 Å². The number of nitrogens with zero attached hydrogens (tertiary/aromatic N) is 4. The third kappa shape index (κ3) is 20.0. The molecule has 0 spiro atoms.